The highest BCUT2D eigenvalue weighted by molar-refractivity contribution is 7.99. The lowest BCUT2D eigenvalue weighted by Gasteiger charge is -2.30. The summed E-state index contributed by atoms with van der Waals surface area (Å²) in [4.78, 5) is 17.1. The lowest BCUT2D eigenvalue weighted by atomic mass is 10.1. The third-order valence-corrected chi connectivity index (χ3v) is 6.14. The molecule has 0 unspecified atom stereocenters. The van der Waals surface area contributed by atoms with Crippen LogP contribution in [0, 0.1) is 17.1 Å². The predicted octanol–water partition coefficient (Wildman–Crippen LogP) is 4.18. The normalized spacial score (nSPS) is 16.6. The summed E-state index contributed by atoms with van der Waals surface area (Å²) in [6, 6.07) is 16.2. The zero-order valence-corrected chi connectivity index (χ0v) is 17.0. The Morgan fingerprint density at radius 3 is 2.75 bits per heavy atom. The molecule has 4 nitrogen and oxygen atoms in total. The first-order chi connectivity index (χ1) is 13.5. The number of rotatable bonds is 6. The van der Waals surface area contributed by atoms with E-state index >= 15 is 0 Å². The molecule has 146 valence electrons. The fourth-order valence-electron chi connectivity index (χ4n) is 3.29. The minimum Gasteiger partial charge on any atom is -0.325 e. The summed E-state index contributed by atoms with van der Waals surface area (Å²) in [5.74, 6) is 0.680. The minimum atomic E-state index is -0.268. The average Bonchev–Trinajstić information content (AvgIpc) is 3.18. The van der Waals surface area contributed by atoms with Gasteiger partial charge in [0.05, 0.1) is 18.2 Å². The summed E-state index contributed by atoms with van der Waals surface area (Å²) < 4.78 is 13.2. The molecular weight excluding hydrogens is 373 g/mol. The molecule has 0 spiro atoms. The second-order valence-corrected chi connectivity index (χ2v) is 8.36. The molecule has 0 aromatic heterocycles. The number of amides is 1. The van der Waals surface area contributed by atoms with Gasteiger partial charge in [0.15, 0.2) is 0 Å². The van der Waals surface area contributed by atoms with Gasteiger partial charge in [-0.15, -0.1) is 11.8 Å². The minimum absolute atomic E-state index is 0.0657. The van der Waals surface area contributed by atoms with Crippen molar-refractivity contribution in [2.75, 3.05) is 18.8 Å². The molecule has 2 aromatic carbocycles. The summed E-state index contributed by atoms with van der Waals surface area (Å²) in [5, 5.41) is 9.03. The Bertz CT molecular complexity index is 863. The second kappa shape index (κ2) is 9.22. The van der Waals surface area contributed by atoms with E-state index in [0.29, 0.717) is 25.2 Å². The second-order valence-electron chi connectivity index (χ2n) is 7.17. The van der Waals surface area contributed by atoms with Crippen molar-refractivity contribution in [1.29, 1.82) is 5.26 Å². The Labute approximate surface area is 169 Å². The Kier molecular flexibility index (Phi) is 6.71. The van der Waals surface area contributed by atoms with Crippen LogP contribution < -0.4 is 0 Å². The van der Waals surface area contributed by atoms with Gasteiger partial charge in [0, 0.05) is 24.9 Å². The summed E-state index contributed by atoms with van der Waals surface area (Å²) in [7, 11) is 0. The number of nitrogens with zero attached hydrogens (tertiary/aromatic N) is 3. The van der Waals surface area contributed by atoms with E-state index in [0.717, 1.165) is 16.9 Å². The van der Waals surface area contributed by atoms with E-state index in [1.54, 1.807) is 30.0 Å². The molecule has 1 saturated heterocycles. The molecule has 2 aromatic rings. The molecule has 1 heterocycles. The Balaban J connectivity index is 1.71. The number of hydrogen-bond donors (Lipinski definition) is 0. The zero-order chi connectivity index (χ0) is 20.1. The number of nitriles is 1. The van der Waals surface area contributed by atoms with Crippen molar-refractivity contribution in [3.63, 3.8) is 0 Å². The number of benzene rings is 2. The highest BCUT2D eigenvalue weighted by atomic mass is 32.2. The molecule has 0 bridgehead atoms. The van der Waals surface area contributed by atoms with Crippen molar-refractivity contribution in [1.82, 2.24) is 9.80 Å². The van der Waals surface area contributed by atoms with Gasteiger partial charge in [-0.3, -0.25) is 9.69 Å². The van der Waals surface area contributed by atoms with Gasteiger partial charge in [0.1, 0.15) is 11.2 Å². The third-order valence-electron chi connectivity index (χ3n) is 4.88. The number of thioether (sulfide) groups is 1. The van der Waals surface area contributed by atoms with Crippen LogP contribution >= 0.6 is 11.8 Å². The fourth-order valence-corrected chi connectivity index (χ4v) is 4.57. The first-order valence-corrected chi connectivity index (χ1v) is 10.4. The van der Waals surface area contributed by atoms with Crippen molar-refractivity contribution < 1.29 is 9.18 Å². The highest BCUT2D eigenvalue weighted by Crippen LogP contribution is 2.38. The Morgan fingerprint density at radius 2 is 2.07 bits per heavy atom. The van der Waals surface area contributed by atoms with Crippen LogP contribution in [-0.4, -0.2) is 40.6 Å². The molecule has 1 fully saturated rings. The molecule has 6 heteroatoms. The summed E-state index contributed by atoms with van der Waals surface area (Å²) in [6.45, 7) is 5.75. The van der Waals surface area contributed by atoms with E-state index in [-0.39, 0.29) is 23.1 Å². The standard InChI is InChI=1S/C22H24FN3OS/c1-16(2)25(14-18-5-3-4-17(12-18)13-24)15-21(27)26-10-11-28-22(26)19-6-8-20(23)9-7-19/h3-9,12,16,22H,10-11,14-15H2,1-2H3/t22-/m0/s1. The third kappa shape index (κ3) is 4.92. The molecule has 1 amide bonds. The van der Waals surface area contributed by atoms with Crippen LogP contribution in [-0.2, 0) is 11.3 Å². The molecule has 0 radical (unpaired) electrons. The number of halogens is 1. The summed E-state index contributed by atoms with van der Waals surface area (Å²) in [6.07, 6.45) is 0. The predicted molar refractivity (Wildman–Crippen MR) is 110 cm³/mol. The smallest absolute Gasteiger partial charge is 0.237 e. The van der Waals surface area contributed by atoms with E-state index in [1.165, 1.54) is 12.1 Å². The van der Waals surface area contributed by atoms with Crippen LogP contribution in [0.25, 0.3) is 0 Å². The van der Waals surface area contributed by atoms with Crippen LogP contribution in [0.5, 0.6) is 0 Å². The molecular formula is C22H24FN3OS. The maximum absolute atomic E-state index is 13.2. The van der Waals surface area contributed by atoms with Gasteiger partial charge in [0.2, 0.25) is 5.91 Å². The van der Waals surface area contributed by atoms with E-state index in [4.69, 9.17) is 5.26 Å². The first-order valence-electron chi connectivity index (χ1n) is 9.37. The van der Waals surface area contributed by atoms with Gasteiger partial charge in [0.25, 0.3) is 0 Å². The Morgan fingerprint density at radius 1 is 1.32 bits per heavy atom. The molecule has 28 heavy (non-hydrogen) atoms. The van der Waals surface area contributed by atoms with Gasteiger partial charge in [-0.05, 0) is 49.2 Å². The van der Waals surface area contributed by atoms with E-state index < -0.39 is 0 Å². The average molecular weight is 398 g/mol. The van der Waals surface area contributed by atoms with Gasteiger partial charge < -0.3 is 4.90 Å². The molecule has 3 rings (SSSR count). The molecule has 0 aliphatic carbocycles. The lowest BCUT2D eigenvalue weighted by molar-refractivity contribution is -0.133. The SMILES string of the molecule is CC(C)N(CC(=O)N1CCS[C@H]1c1ccc(F)cc1)Cc1cccc(C#N)c1. The number of carbonyl (C=O) groups excluding carboxylic acids is 1. The molecule has 1 aliphatic rings. The first kappa shape index (κ1) is 20.4. The van der Waals surface area contributed by atoms with Crippen molar-refractivity contribution in [2.24, 2.45) is 0 Å². The van der Waals surface area contributed by atoms with Gasteiger partial charge in [-0.2, -0.15) is 5.26 Å². The van der Waals surface area contributed by atoms with E-state index in [2.05, 4.69) is 24.8 Å². The zero-order valence-electron chi connectivity index (χ0n) is 16.1. The van der Waals surface area contributed by atoms with Crippen LogP contribution in [0.4, 0.5) is 4.39 Å². The van der Waals surface area contributed by atoms with Crippen LogP contribution in [0.15, 0.2) is 48.5 Å². The monoisotopic (exact) mass is 397 g/mol. The van der Waals surface area contributed by atoms with Crippen molar-refractivity contribution in [3.8, 4) is 6.07 Å². The highest BCUT2D eigenvalue weighted by Gasteiger charge is 2.31. The largest absolute Gasteiger partial charge is 0.325 e. The summed E-state index contributed by atoms with van der Waals surface area (Å²) >= 11 is 1.71. The molecule has 0 saturated carbocycles. The van der Waals surface area contributed by atoms with E-state index in [9.17, 15) is 9.18 Å². The molecule has 1 aliphatic heterocycles. The molecule has 0 N–H and O–H groups in total. The topological polar surface area (TPSA) is 47.3 Å². The Hall–Kier alpha value is -2.36. The van der Waals surface area contributed by atoms with E-state index in [1.807, 2.05) is 23.1 Å². The fraction of sp³-hybridized carbons (Fsp3) is 0.364. The maximum Gasteiger partial charge on any atom is 0.237 e. The van der Waals surface area contributed by atoms with Gasteiger partial charge in [-0.1, -0.05) is 24.3 Å². The maximum atomic E-state index is 13.2. The van der Waals surface area contributed by atoms with Crippen LogP contribution in [0.1, 0.15) is 35.9 Å². The van der Waals surface area contributed by atoms with Gasteiger partial charge in [-0.25, -0.2) is 4.39 Å². The quantitative estimate of drug-likeness (QED) is 0.734. The lowest BCUT2D eigenvalue weighted by Crippen LogP contribution is -2.42. The number of hydrogen-bond acceptors (Lipinski definition) is 4. The van der Waals surface area contributed by atoms with Crippen molar-refractivity contribution >= 4 is 17.7 Å². The number of carbonyl (C=O) groups is 1. The van der Waals surface area contributed by atoms with Crippen LogP contribution in [0.2, 0.25) is 0 Å². The van der Waals surface area contributed by atoms with Crippen molar-refractivity contribution in [2.45, 2.75) is 31.8 Å². The summed E-state index contributed by atoms with van der Waals surface area (Å²) in [5.41, 5.74) is 2.60. The van der Waals surface area contributed by atoms with Crippen molar-refractivity contribution in [3.05, 3.63) is 71.0 Å². The van der Waals surface area contributed by atoms with Crippen LogP contribution in [0.3, 0.4) is 0 Å². The molecule has 1 atom stereocenters. The van der Waals surface area contributed by atoms with Gasteiger partial charge >= 0.3 is 0 Å².